The molecule has 2 heterocycles. The molecule has 1 aromatic heterocycles. The third kappa shape index (κ3) is 6.05. The molecule has 0 radical (unpaired) electrons. The van der Waals surface area contributed by atoms with Crippen molar-refractivity contribution < 1.29 is 19.4 Å². The second-order valence-electron chi connectivity index (χ2n) is 8.66. The van der Waals surface area contributed by atoms with Gasteiger partial charge in [-0.05, 0) is 37.6 Å². The van der Waals surface area contributed by atoms with Gasteiger partial charge in [0.25, 0.3) is 0 Å². The molecule has 0 saturated carbocycles. The lowest BCUT2D eigenvalue weighted by Crippen LogP contribution is -2.46. The zero-order valence-electron chi connectivity index (χ0n) is 19.7. The molecule has 0 aliphatic carbocycles. The summed E-state index contributed by atoms with van der Waals surface area (Å²) in [7, 11) is 0. The Bertz CT molecular complexity index is 1100. The minimum Gasteiger partial charge on any atom is -0.507 e. The van der Waals surface area contributed by atoms with Gasteiger partial charge in [0, 0.05) is 50.6 Å². The third-order valence-corrected chi connectivity index (χ3v) is 5.72. The molecule has 3 aromatic rings. The van der Waals surface area contributed by atoms with Gasteiger partial charge >= 0.3 is 5.97 Å². The molecule has 34 heavy (non-hydrogen) atoms. The van der Waals surface area contributed by atoms with E-state index < -0.39 is 0 Å². The summed E-state index contributed by atoms with van der Waals surface area (Å²) in [6, 6.07) is 19.0. The van der Waals surface area contributed by atoms with E-state index in [0.717, 1.165) is 37.3 Å². The molecule has 0 bridgehead atoms. The molecule has 7 nitrogen and oxygen atoms in total. The Balaban J connectivity index is 1.33. The molecular weight excluding hydrogens is 430 g/mol. The number of phenols is 1. The number of carbonyl (C=O) groups excluding carboxylic acids is 1. The van der Waals surface area contributed by atoms with E-state index in [9.17, 15) is 9.90 Å². The smallest absolute Gasteiger partial charge is 0.342 e. The Morgan fingerprint density at radius 3 is 2.50 bits per heavy atom. The molecule has 1 saturated heterocycles. The fourth-order valence-corrected chi connectivity index (χ4v) is 3.95. The van der Waals surface area contributed by atoms with Crippen LogP contribution in [-0.4, -0.2) is 53.2 Å². The van der Waals surface area contributed by atoms with Gasteiger partial charge in [0.1, 0.15) is 29.5 Å². The van der Waals surface area contributed by atoms with Gasteiger partial charge in [-0.15, -0.1) is 0 Å². The number of piperazine rings is 1. The van der Waals surface area contributed by atoms with Gasteiger partial charge in [0.2, 0.25) is 0 Å². The van der Waals surface area contributed by atoms with Crippen LogP contribution in [0.15, 0.2) is 66.9 Å². The first-order valence-electron chi connectivity index (χ1n) is 11.6. The first-order chi connectivity index (χ1) is 16.5. The number of esters is 1. The van der Waals surface area contributed by atoms with Gasteiger partial charge in [-0.25, -0.2) is 9.78 Å². The molecule has 0 unspecified atom stereocenters. The number of aromatic hydroxyl groups is 1. The topological polar surface area (TPSA) is 75.1 Å². The van der Waals surface area contributed by atoms with Crippen molar-refractivity contribution in [3.63, 3.8) is 0 Å². The number of ether oxygens (including phenoxy) is 2. The van der Waals surface area contributed by atoms with E-state index in [1.807, 2.05) is 56.3 Å². The molecular formula is C27H31N3O4. The number of aromatic nitrogens is 1. The summed E-state index contributed by atoms with van der Waals surface area (Å²) in [6.07, 6.45) is 1.52. The fraction of sp³-hybridized carbons (Fsp3) is 0.333. The number of rotatable bonds is 8. The van der Waals surface area contributed by atoms with E-state index in [1.165, 1.54) is 0 Å². The number of anilines is 1. The standard InChI is InChI=1S/C27H31N3O4/c1-20(2)34-27(32)24-9-6-12-28-26(24)30-15-13-29(14-16-30)18-22-10-11-23(17-25(22)31)33-19-21-7-4-3-5-8-21/h3-12,17,20,31H,13-16,18-19H2,1-2H3. The minimum absolute atomic E-state index is 0.180. The van der Waals surface area contributed by atoms with Crippen LogP contribution in [0.25, 0.3) is 0 Å². The minimum atomic E-state index is -0.347. The zero-order valence-corrected chi connectivity index (χ0v) is 19.7. The molecule has 7 heteroatoms. The van der Waals surface area contributed by atoms with Crippen molar-refractivity contribution in [2.24, 2.45) is 0 Å². The molecule has 0 spiro atoms. The second kappa shape index (κ2) is 11.0. The van der Waals surface area contributed by atoms with Crippen LogP contribution in [-0.2, 0) is 17.9 Å². The molecule has 2 aromatic carbocycles. The first kappa shape index (κ1) is 23.6. The number of phenolic OH excluding ortho intramolecular Hbond substituents is 1. The lowest BCUT2D eigenvalue weighted by Gasteiger charge is -2.36. The van der Waals surface area contributed by atoms with Crippen molar-refractivity contribution in [3.05, 3.63) is 83.6 Å². The van der Waals surface area contributed by atoms with Crippen LogP contribution in [0.3, 0.4) is 0 Å². The highest BCUT2D eigenvalue weighted by molar-refractivity contribution is 5.94. The quantitative estimate of drug-likeness (QED) is 0.503. The maximum Gasteiger partial charge on any atom is 0.342 e. The maximum atomic E-state index is 12.5. The summed E-state index contributed by atoms with van der Waals surface area (Å²) >= 11 is 0. The highest BCUT2D eigenvalue weighted by Gasteiger charge is 2.24. The number of benzene rings is 2. The zero-order chi connectivity index (χ0) is 23.9. The predicted molar refractivity (Wildman–Crippen MR) is 131 cm³/mol. The van der Waals surface area contributed by atoms with E-state index in [1.54, 1.807) is 24.4 Å². The van der Waals surface area contributed by atoms with Crippen LogP contribution >= 0.6 is 0 Å². The van der Waals surface area contributed by atoms with Gasteiger partial charge in [-0.1, -0.05) is 36.4 Å². The van der Waals surface area contributed by atoms with E-state index in [4.69, 9.17) is 9.47 Å². The second-order valence-corrected chi connectivity index (χ2v) is 8.66. The summed E-state index contributed by atoms with van der Waals surface area (Å²) in [5.74, 6) is 1.19. The van der Waals surface area contributed by atoms with Crippen molar-refractivity contribution >= 4 is 11.8 Å². The van der Waals surface area contributed by atoms with Gasteiger partial charge < -0.3 is 19.5 Å². The van der Waals surface area contributed by atoms with Crippen LogP contribution < -0.4 is 9.64 Å². The molecule has 1 fully saturated rings. The molecule has 4 rings (SSSR count). The molecule has 0 atom stereocenters. The summed E-state index contributed by atoms with van der Waals surface area (Å²) in [6.45, 7) is 7.83. The number of carbonyl (C=O) groups is 1. The average Bonchev–Trinajstić information content (AvgIpc) is 2.85. The molecule has 178 valence electrons. The Hall–Kier alpha value is -3.58. The summed E-state index contributed by atoms with van der Waals surface area (Å²) in [5, 5.41) is 10.5. The summed E-state index contributed by atoms with van der Waals surface area (Å²) < 4.78 is 11.2. The van der Waals surface area contributed by atoms with Gasteiger partial charge in [0.05, 0.1) is 6.10 Å². The molecule has 0 amide bonds. The number of nitrogens with zero attached hydrogens (tertiary/aromatic N) is 3. The van der Waals surface area contributed by atoms with Crippen molar-refractivity contribution in [1.29, 1.82) is 0 Å². The molecule has 1 aliphatic rings. The van der Waals surface area contributed by atoms with Gasteiger partial charge in [0.15, 0.2) is 0 Å². The van der Waals surface area contributed by atoms with Crippen LogP contribution in [0.4, 0.5) is 5.82 Å². The van der Waals surface area contributed by atoms with Gasteiger partial charge in [-0.2, -0.15) is 0 Å². The van der Waals surface area contributed by atoms with Crippen LogP contribution in [0.1, 0.15) is 35.3 Å². The van der Waals surface area contributed by atoms with Crippen molar-refractivity contribution in [1.82, 2.24) is 9.88 Å². The van der Waals surface area contributed by atoms with E-state index in [0.29, 0.717) is 30.3 Å². The van der Waals surface area contributed by atoms with Crippen LogP contribution in [0.2, 0.25) is 0 Å². The first-order valence-corrected chi connectivity index (χ1v) is 11.6. The number of hydrogen-bond donors (Lipinski definition) is 1. The predicted octanol–water partition coefficient (Wildman–Crippen LogP) is 4.25. The number of pyridine rings is 1. The highest BCUT2D eigenvalue weighted by Crippen LogP contribution is 2.27. The van der Waals surface area contributed by atoms with Crippen molar-refractivity contribution in [2.45, 2.75) is 33.1 Å². The van der Waals surface area contributed by atoms with Crippen molar-refractivity contribution in [2.75, 3.05) is 31.1 Å². The Morgan fingerprint density at radius 2 is 1.79 bits per heavy atom. The molecule has 1 aliphatic heterocycles. The lowest BCUT2D eigenvalue weighted by atomic mass is 10.1. The largest absolute Gasteiger partial charge is 0.507 e. The summed E-state index contributed by atoms with van der Waals surface area (Å²) in [4.78, 5) is 21.3. The maximum absolute atomic E-state index is 12.5. The molecule has 1 N–H and O–H groups in total. The SMILES string of the molecule is CC(C)OC(=O)c1cccnc1N1CCN(Cc2ccc(OCc3ccccc3)cc2O)CC1. The van der Waals surface area contributed by atoms with Crippen molar-refractivity contribution in [3.8, 4) is 11.5 Å². The van der Waals surface area contributed by atoms with Crippen LogP contribution in [0, 0.1) is 0 Å². The number of hydrogen-bond acceptors (Lipinski definition) is 7. The Kier molecular flexibility index (Phi) is 7.65. The highest BCUT2D eigenvalue weighted by atomic mass is 16.5. The Labute approximate surface area is 200 Å². The van der Waals surface area contributed by atoms with E-state index in [-0.39, 0.29) is 17.8 Å². The lowest BCUT2D eigenvalue weighted by molar-refractivity contribution is 0.0378. The fourth-order valence-electron chi connectivity index (χ4n) is 3.95. The van der Waals surface area contributed by atoms with E-state index in [2.05, 4.69) is 14.8 Å². The van der Waals surface area contributed by atoms with Gasteiger partial charge in [-0.3, -0.25) is 4.90 Å². The third-order valence-electron chi connectivity index (χ3n) is 5.72. The normalized spacial score (nSPS) is 14.3. The monoisotopic (exact) mass is 461 g/mol. The van der Waals surface area contributed by atoms with Crippen LogP contribution in [0.5, 0.6) is 11.5 Å². The Morgan fingerprint density at radius 1 is 1.03 bits per heavy atom. The summed E-state index contributed by atoms with van der Waals surface area (Å²) in [5.41, 5.74) is 2.44. The van der Waals surface area contributed by atoms with E-state index >= 15 is 0 Å². The average molecular weight is 462 g/mol.